The van der Waals surface area contributed by atoms with Gasteiger partial charge in [0.25, 0.3) is 0 Å². The first-order valence-electron chi connectivity index (χ1n) is 7.21. The minimum absolute atomic E-state index is 0.244. The largest absolute Gasteiger partial charge is 0.359 e. The molecule has 3 nitrogen and oxygen atoms in total. The molecule has 0 atom stereocenters. The second kappa shape index (κ2) is 6.83. The molecule has 2 rings (SSSR count). The number of hydrogen-bond acceptors (Lipinski definition) is 3. The van der Waals surface area contributed by atoms with Crippen LogP contribution < -0.4 is 0 Å². The normalized spacial score (nSPS) is 11.8. The Hall–Kier alpha value is -2.05. The molecule has 24 heavy (non-hydrogen) atoms. The predicted octanol–water partition coefficient (Wildman–Crippen LogP) is 4.82. The lowest BCUT2D eigenvalue weighted by Crippen LogP contribution is -2.12. The third kappa shape index (κ3) is 3.71. The first-order valence-corrected chi connectivity index (χ1v) is 8.62. The van der Waals surface area contributed by atoms with Crippen LogP contribution in [0.1, 0.15) is 22.3 Å². The summed E-state index contributed by atoms with van der Waals surface area (Å²) in [5.74, 6) is 0. The molecule has 128 valence electrons. The number of aryl methyl sites for hydroxylation is 3. The summed E-state index contributed by atoms with van der Waals surface area (Å²) in [7, 11) is -4.62. The summed E-state index contributed by atoms with van der Waals surface area (Å²) in [4.78, 5) is -0.488. The molecule has 0 spiro atoms. The molecule has 2 aromatic rings. The van der Waals surface area contributed by atoms with E-state index in [1.807, 2.05) is 32.9 Å². The van der Waals surface area contributed by atoms with Crippen molar-refractivity contribution in [2.75, 3.05) is 0 Å². The zero-order chi connectivity index (χ0) is 18.1. The van der Waals surface area contributed by atoms with Crippen LogP contribution in [0.3, 0.4) is 0 Å². The molecule has 6 heteroatoms. The average Bonchev–Trinajstić information content (AvgIpc) is 2.44. The van der Waals surface area contributed by atoms with E-state index in [2.05, 4.69) is 10.8 Å². The molecule has 0 N–H and O–H groups in total. The first-order chi connectivity index (χ1) is 11.1. The van der Waals surface area contributed by atoms with Crippen LogP contribution in [0.25, 0.3) is 16.0 Å². The summed E-state index contributed by atoms with van der Waals surface area (Å²) in [6, 6.07) is 10.6. The van der Waals surface area contributed by atoms with Crippen LogP contribution >= 0.6 is 0 Å². The van der Waals surface area contributed by atoms with Gasteiger partial charge in [0.05, 0.1) is 4.91 Å². The summed E-state index contributed by atoms with van der Waals surface area (Å²) in [5.41, 5.74) is 4.70. The fourth-order valence-corrected chi connectivity index (χ4v) is 3.59. The van der Waals surface area contributed by atoms with Gasteiger partial charge in [0.15, 0.2) is 0 Å². The number of benzene rings is 2. The second-order valence-corrected chi connectivity index (χ2v) is 7.15. The van der Waals surface area contributed by atoms with Gasteiger partial charge in [0.2, 0.25) is 0 Å². The molecule has 2 aromatic carbocycles. The molecule has 0 amide bonds. The van der Waals surface area contributed by atoms with Crippen molar-refractivity contribution in [2.24, 2.45) is 0 Å². The minimum Gasteiger partial charge on any atom is -0.199 e. The van der Waals surface area contributed by atoms with E-state index in [1.165, 1.54) is 6.07 Å². The van der Waals surface area contributed by atoms with Crippen LogP contribution in [0.15, 0.2) is 43.0 Å². The lowest BCUT2D eigenvalue weighted by atomic mass is 9.91. The SMILES string of the molecule is C=C(c1ccccc1-c1c(C)cc(C)cc1C)S(=O)(=O)OC(F)F. The maximum atomic E-state index is 12.4. The van der Waals surface area contributed by atoms with Crippen molar-refractivity contribution in [3.05, 3.63) is 65.2 Å². The standard InChI is InChI=1S/C18H18F2O3S/c1-11-9-12(2)17(13(3)10-11)16-8-6-5-7-15(16)14(4)24(21,22)23-18(19)20/h5-10,18H,4H2,1-3H3. The van der Waals surface area contributed by atoms with Gasteiger partial charge < -0.3 is 0 Å². The Morgan fingerprint density at radius 1 is 1.08 bits per heavy atom. The Kier molecular flexibility index (Phi) is 5.20. The highest BCUT2D eigenvalue weighted by Crippen LogP contribution is 2.36. The summed E-state index contributed by atoms with van der Waals surface area (Å²) < 4.78 is 52.4. The predicted molar refractivity (Wildman–Crippen MR) is 91.1 cm³/mol. The third-order valence-electron chi connectivity index (χ3n) is 3.68. The quantitative estimate of drug-likeness (QED) is 0.725. The van der Waals surface area contributed by atoms with Gasteiger partial charge in [0, 0.05) is 5.56 Å². The van der Waals surface area contributed by atoms with E-state index in [-0.39, 0.29) is 5.56 Å². The number of halogens is 2. The summed E-state index contributed by atoms with van der Waals surface area (Å²) in [5, 5.41) is 0. The zero-order valence-electron chi connectivity index (χ0n) is 13.6. The molecule has 0 unspecified atom stereocenters. The highest BCUT2D eigenvalue weighted by atomic mass is 32.2. The van der Waals surface area contributed by atoms with Crippen molar-refractivity contribution in [3.63, 3.8) is 0 Å². The summed E-state index contributed by atoms with van der Waals surface area (Å²) in [6.07, 6.45) is 0. The molecule has 0 saturated heterocycles. The summed E-state index contributed by atoms with van der Waals surface area (Å²) >= 11 is 0. The van der Waals surface area contributed by atoms with Crippen LogP contribution in [0.4, 0.5) is 8.78 Å². The second-order valence-electron chi connectivity index (χ2n) is 5.55. The molecule has 0 aliphatic carbocycles. The lowest BCUT2D eigenvalue weighted by molar-refractivity contribution is -0.0430. The smallest absolute Gasteiger partial charge is 0.199 e. The molecule has 0 aliphatic heterocycles. The highest BCUT2D eigenvalue weighted by Gasteiger charge is 2.25. The van der Waals surface area contributed by atoms with Gasteiger partial charge in [-0.2, -0.15) is 21.4 Å². The van der Waals surface area contributed by atoms with E-state index in [0.29, 0.717) is 5.56 Å². The molecular weight excluding hydrogens is 334 g/mol. The molecule has 0 fully saturated rings. The van der Waals surface area contributed by atoms with Gasteiger partial charge in [-0.05, 0) is 43.0 Å². The Morgan fingerprint density at radius 3 is 2.17 bits per heavy atom. The number of rotatable bonds is 5. The van der Waals surface area contributed by atoms with Crippen molar-refractivity contribution >= 4 is 15.0 Å². The van der Waals surface area contributed by atoms with Gasteiger partial charge in [-0.3, -0.25) is 0 Å². The Balaban J connectivity index is 2.64. The molecule has 0 bridgehead atoms. The van der Waals surface area contributed by atoms with E-state index in [4.69, 9.17) is 0 Å². The van der Waals surface area contributed by atoms with E-state index >= 15 is 0 Å². The van der Waals surface area contributed by atoms with Crippen molar-refractivity contribution in [1.82, 2.24) is 0 Å². The van der Waals surface area contributed by atoms with Crippen LogP contribution in [0.5, 0.6) is 0 Å². The van der Waals surface area contributed by atoms with Gasteiger partial charge >= 0.3 is 16.7 Å². The molecule has 0 radical (unpaired) electrons. The molecule has 0 saturated carbocycles. The van der Waals surface area contributed by atoms with Crippen LogP contribution in [-0.2, 0) is 14.3 Å². The third-order valence-corrected chi connectivity index (χ3v) is 4.90. The van der Waals surface area contributed by atoms with E-state index in [1.54, 1.807) is 18.2 Å². The summed E-state index contributed by atoms with van der Waals surface area (Å²) in [6.45, 7) is 5.84. The van der Waals surface area contributed by atoms with Crippen molar-refractivity contribution in [1.29, 1.82) is 0 Å². The van der Waals surface area contributed by atoms with Gasteiger partial charge in [-0.25, -0.2) is 0 Å². The monoisotopic (exact) mass is 352 g/mol. The molecular formula is C18H18F2O3S. The van der Waals surface area contributed by atoms with Crippen molar-refractivity contribution in [3.8, 4) is 11.1 Å². The lowest BCUT2D eigenvalue weighted by Gasteiger charge is -2.17. The molecule has 0 aliphatic rings. The van der Waals surface area contributed by atoms with E-state index in [9.17, 15) is 17.2 Å². The first kappa shape index (κ1) is 18.3. The van der Waals surface area contributed by atoms with Crippen molar-refractivity contribution < 1.29 is 21.4 Å². The topological polar surface area (TPSA) is 43.4 Å². The number of alkyl halides is 2. The molecule has 0 aromatic heterocycles. The Bertz CT molecular complexity index is 864. The van der Waals surface area contributed by atoms with Crippen LogP contribution in [-0.4, -0.2) is 15.0 Å². The molecule has 0 heterocycles. The zero-order valence-corrected chi connectivity index (χ0v) is 14.5. The van der Waals surface area contributed by atoms with Gasteiger partial charge in [0.1, 0.15) is 0 Å². The van der Waals surface area contributed by atoms with Crippen LogP contribution in [0, 0.1) is 20.8 Å². The van der Waals surface area contributed by atoms with E-state index in [0.717, 1.165) is 22.3 Å². The van der Waals surface area contributed by atoms with Crippen molar-refractivity contribution in [2.45, 2.75) is 27.4 Å². The average molecular weight is 352 g/mol. The minimum atomic E-state index is -4.62. The van der Waals surface area contributed by atoms with E-state index < -0.39 is 21.6 Å². The van der Waals surface area contributed by atoms with Gasteiger partial charge in [-0.1, -0.05) is 48.5 Å². The Labute approximate surface area is 140 Å². The van der Waals surface area contributed by atoms with Crippen LogP contribution in [0.2, 0.25) is 0 Å². The highest BCUT2D eigenvalue weighted by molar-refractivity contribution is 7.96. The Morgan fingerprint density at radius 2 is 1.62 bits per heavy atom. The number of hydrogen-bond donors (Lipinski definition) is 0. The maximum Gasteiger partial charge on any atom is 0.359 e. The fraction of sp³-hybridized carbons (Fsp3) is 0.222. The fourth-order valence-electron chi connectivity index (χ4n) is 2.84. The maximum absolute atomic E-state index is 12.4. The van der Waals surface area contributed by atoms with Gasteiger partial charge in [-0.15, -0.1) is 0 Å².